The number of aromatic nitrogens is 2. The molecule has 5 nitrogen and oxygen atoms in total. The van der Waals surface area contributed by atoms with Gasteiger partial charge in [-0.25, -0.2) is 0 Å². The van der Waals surface area contributed by atoms with E-state index in [1.807, 2.05) is 13.1 Å². The van der Waals surface area contributed by atoms with Gasteiger partial charge < -0.3 is 10.1 Å². The maximum Gasteiger partial charge on any atom is 0.226 e. The van der Waals surface area contributed by atoms with Gasteiger partial charge in [0, 0.05) is 25.9 Å². The lowest BCUT2D eigenvalue weighted by atomic mass is 9.96. The summed E-state index contributed by atoms with van der Waals surface area (Å²) in [6, 6.07) is 2.11. The van der Waals surface area contributed by atoms with Crippen molar-refractivity contribution in [2.45, 2.75) is 37.8 Å². The first-order valence-corrected chi connectivity index (χ1v) is 7.32. The summed E-state index contributed by atoms with van der Waals surface area (Å²) in [6.07, 6.45) is 9.91. The molecule has 0 unspecified atom stereocenters. The molecule has 1 saturated heterocycles. The third-order valence-corrected chi connectivity index (χ3v) is 4.16. The molecular formula is C15H21N3O2. The van der Waals surface area contributed by atoms with Gasteiger partial charge in [-0.1, -0.05) is 12.2 Å². The molecule has 0 bridgehead atoms. The SMILES string of the molecule is Cn1nccc1[C@@H]1OCC[C@H]1C(=O)N[C@@H]1C=CCCC1. The van der Waals surface area contributed by atoms with Gasteiger partial charge in [-0.3, -0.25) is 9.48 Å². The largest absolute Gasteiger partial charge is 0.371 e. The van der Waals surface area contributed by atoms with E-state index in [0.717, 1.165) is 31.4 Å². The van der Waals surface area contributed by atoms with Crippen LogP contribution in [0.15, 0.2) is 24.4 Å². The van der Waals surface area contributed by atoms with Crippen LogP contribution in [0.2, 0.25) is 0 Å². The summed E-state index contributed by atoms with van der Waals surface area (Å²) in [4.78, 5) is 12.5. The van der Waals surface area contributed by atoms with Gasteiger partial charge in [0.05, 0.1) is 11.6 Å². The second kappa shape index (κ2) is 5.79. The van der Waals surface area contributed by atoms with Crippen molar-refractivity contribution in [3.05, 3.63) is 30.1 Å². The zero-order chi connectivity index (χ0) is 13.9. The molecule has 3 rings (SSSR count). The fourth-order valence-corrected chi connectivity index (χ4v) is 3.04. The summed E-state index contributed by atoms with van der Waals surface area (Å²) in [6.45, 7) is 0.633. The van der Waals surface area contributed by atoms with Crippen molar-refractivity contribution in [1.82, 2.24) is 15.1 Å². The van der Waals surface area contributed by atoms with Crippen molar-refractivity contribution in [2.24, 2.45) is 13.0 Å². The Kier molecular flexibility index (Phi) is 3.87. The van der Waals surface area contributed by atoms with Gasteiger partial charge in [0.1, 0.15) is 6.10 Å². The Labute approximate surface area is 119 Å². The molecule has 1 aromatic rings. The minimum Gasteiger partial charge on any atom is -0.371 e. The van der Waals surface area contributed by atoms with E-state index in [4.69, 9.17) is 4.74 Å². The van der Waals surface area contributed by atoms with Crippen LogP contribution < -0.4 is 5.32 Å². The van der Waals surface area contributed by atoms with Crippen molar-refractivity contribution in [2.75, 3.05) is 6.61 Å². The van der Waals surface area contributed by atoms with Gasteiger partial charge in [0.2, 0.25) is 5.91 Å². The van der Waals surface area contributed by atoms with Crippen LogP contribution in [0.5, 0.6) is 0 Å². The Bertz CT molecular complexity index is 509. The summed E-state index contributed by atoms with van der Waals surface area (Å²) < 4.78 is 7.55. The van der Waals surface area contributed by atoms with E-state index in [0.29, 0.717) is 6.61 Å². The average molecular weight is 275 g/mol. The Morgan fingerprint density at radius 3 is 3.10 bits per heavy atom. The third-order valence-electron chi connectivity index (χ3n) is 4.16. The van der Waals surface area contributed by atoms with Crippen molar-refractivity contribution in [3.63, 3.8) is 0 Å². The second-order valence-corrected chi connectivity index (χ2v) is 5.54. The monoisotopic (exact) mass is 275 g/mol. The molecule has 108 valence electrons. The highest BCUT2D eigenvalue weighted by Gasteiger charge is 2.37. The summed E-state index contributed by atoms with van der Waals surface area (Å²) >= 11 is 0. The maximum atomic E-state index is 12.5. The van der Waals surface area contributed by atoms with Crippen LogP contribution in [-0.4, -0.2) is 28.3 Å². The first-order valence-electron chi connectivity index (χ1n) is 7.32. The number of amides is 1. The molecule has 0 radical (unpaired) electrons. The summed E-state index contributed by atoms with van der Waals surface area (Å²) in [5.74, 6) is -0.00836. The van der Waals surface area contributed by atoms with Crippen molar-refractivity contribution >= 4 is 5.91 Å². The maximum absolute atomic E-state index is 12.5. The van der Waals surface area contributed by atoms with Crippen LogP contribution in [0.4, 0.5) is 0 Å². The molecule has 5 heteroatoms. The summed E-state index contributed by atoms with van der Waals surface area (Å²) in [7, 11) is 1.88. The number of ether oxygens (including phenoxy) is 1. The quantitative estimate of drug-likeness (QED) is 0.855. The number of hydrogen-bond acceptors (Lipinski definition) is 3. The predicted octanol–water partition coefficient (Wildman–Crippen LogP) is 1.72. The third kappa shape index (κ3) is 2.63. The highest BCUT2D eigenvalue weighted by atomic mass is 16.5. The molecule has 1 N–H and O–H groups in total. The smallest absolute Gasteiger partial charge is 0.226 e. The number of aryl methyl sites for hydroxylation is 1. The zero-order valence-electron chi connectivity index (χ0n) is 11.8. The Morgan fingerprint density at radius 2 is 2.40 bits per heavy atom. The van der Waals surface area contributed by atoms with Gasteiger partial charge in [-0.05, 0) is 31.7 Å². The molecule has 1 fully saturated rings. The molecule has 1 aliphatic carbocycles. The van der Waals surface area contributed by atoms with Crippen LogP contribution in [0.3, 0.4) is 0 Å². The van der Waals surface area contributed by atoms with Crippen molar-refractivity contribution < 1.29 is 9.53 Å². The Morgan fingerprint density at radius 1 is 1.50 bits per heavy atom. The molecule has 0 aromatic carbocycles. The molecule has 3 atom stereocenters. The van der Waals surface area contributed by atoms with Crippen LogP contribution in [-0.2, 0) is 16.6 Å². The lowest BCUT2D eigenvalue weighted by Crippen LogP contribution is -2.39. The van der Waals surface area contributed by atoms with E-state index in [-0.39, 0.29) is 24.0 Å². The fraction of sp³-hybridized carbons (Fsp3) is 0.600. The van der Waals surface area contributed by atoms with Gasteiger partial charge >= 0.3 is 0 Å². The highest BCUT2D eigenvalue weighted by Crippen LogP contribution is 2.34. The number of nitrogens with zero attached hydrogens (tertiary/aromatic N) is 2. The minimum absolute atomic E-state index is 0.102. The number of hydrogen-bond donors (Lipinski definition) is 1. The van der Waals surface area contributed by atoms with Gasteiger partial charge in [0.25, 0.3) is 0 Å². The molecule has 1 amide bonds. The normalized spacial score (nSPS) is 29.6. The second-order valence-electron chi connectivity index (χ2n) is 5.54. The van der Waals surface area contributed by atoms with Crippen molar-refractivity contribution in [1.29, 1.82) is 0 Å². The summed E-state index contributed by atoms with van der Waals surface area (Å²) in [5.41, 5.74) is 0.974. The van der Waals surface area contributed by atoms with E-state index in [1.54, 1.807) is 10.9 Å². The molecule has 0 saturated carbocycles. The molecule has 1 aliphatic heterocycles. The van der Waals surface area contributed by atoms with Gasteiger partial charge in [-0.2, -0.15) is 5.10 Å². The zero-order valence-corrected chi connectivity index (χ0v) is 11.8. The number of carbonyl (C=O) groups is 1. The lowest BCUT2D eigenvalue weighted by molar-refractivity contribution is -0.127. The van der Waals surface area contributed by atoms with E-state index in [2.05, 4.69) is 22.6 Å². The predicted molar refractivity (Wildman–Crippen MR) is 74.9 cm³/mol. The lowest BCUT2D eigenvalue weighted by Gasteiger charge is -2.23. The van der Waals surface area contributed by atoms with Crippen LogP contribution >= 0.6 is 0 Å². The highest BCUT2D eigenvalue weighted by molar-refractivity contribution is 5.80. The standard InChI is InChI=1S/C15H21N3O2/c1-18-13(7-9-16-18)14-12(8-10-20-14)15(19)17-11-5-3-2-4-6-11/h3,5,7,9,11-12,14H,2,4,6,8,10H2,1H3,(H,17,19)/t11-,12-,14-/m1/s1. The van der Waals surface area contributed by atoms with Crippen molar-refractivity contribution in [3.8, 4) is 0 Å². The van der Waals surface area contributed by atoms with E-state index in [9.17, 15) is 4.79 Å². The first kappa shape index (κ1) is 13.4. The number of allylic oxidation sites excluding steroid dienone is 1. The molecule has 2 heterocycles. The number of nitrogens with one attached hydrogen (secondary N) is 1. The summed E-state index contributed by atoms with van der Waals surface area (Å²) in [5, 5.41) is 7.30. The van der Waals surface area contributed by atoms with E-state index < -0.39 is 0 Å². The molecule has 2 aliphatic rings. The van der Waals surface area contributed by atoms with E-state index >= 15 is 0 Å². The molecular weight excluding hydrogens is 254 g/mol. The topological polar surface area (TPSA) is 56.2 Å². The van der Waals surface area contributed by atoms with Gasteiger partial charge in [0.15, 0.2) is 0 Å². The van der Waals surface area contributed by atoms with E-state index in [1.165, 1.54) is 0 Å². The first-order chi connectivity index (χ1) is 9.75. The van der Waals surface area contributed by atoms with Crippen LogP contribution in [0.1, 0.15) is 37.5 Å². The van der Waals surface area contributed by atoms with Crippen LogP contribution in [0, 0.1) is 5.92 Å². The molecule has 1 aromatic heterocycles. The number of carbonyl (C=O) groups excluding carboxylic acids is 1. The molecule has 20 heavy (non-hydrogen) atoms. The fourth-order valence-electron chi connectivity index (χ4n) is 3.04. The average Bonchev–Trinajstić information content (AvgIpc) is 3.07. The minimum atomic E-state index is -0.171. The van der Waals surface area contributed by atoms with Gasteiger partial charge in [-0.15, -0.1) is 0 Å². The van der Waals surface area contributed by atoms with Crippen LogP contribution in [0.25, 0.3) is 0 Å². The number of rotatable bonds is 3. The molecule has 0 spiro atoms. The Hall–Kier alpha value is -1.62. The Balaban J connectivity index is 1.69.